The molecule has 0 saturated carbocycles. The van der Waals surface area contributed by atoms with Crippen LogP contribution in [0.2, 0.25) is 0 Å². The molecular formula is C16H19NO. The Bertz CT molecular complexity index is 574. The van der Waals surface area contributed by atoms with Crippen LogP contribution in [-0.4, -0.2) is 18.9 Å². The van der Waals surface area contributed by atoms with Crippen molar-refractivity contribution in [3.05, 3.63) is 47.5 Å². The van der Waals surface area contributed by atoms with Crippen molar-refractivity contribution < 1.29 is 4.79 Å². The number of hydrogen-bond donors (Lipinski definition) is 1. The molecule has 0 heterocycles. The molecule has 1 unspecified atom stereocenters. The molecule has 2 aromatic rings. The topological polar surface area (TPSA) is 29.1 Å². The minimum Gasteiger partial charge on any atom is -0.310 e. The lowest BCUT2D eigenvalue weighted by Crippen LogP contribution is -2.34. The van der Waals surface area contributed by atoms with Crippen LogP contribution in [-0.2, 0) is 11.2 Å². The molecule has 2 rings (SSSR count). The largest absolute Gasteiger partial charge is 0.310 e. The van der Waals surface area contributed by atoms with Crippen LogP contribution in [0, 0.1) is 6.92 Å². The second-order valence-electron chi connectivity index (χ2n) is 4.84. The van der Waals surface area contributed by atoms with E-state index >= 15 is 0 Å². The molecule has 2 nitrogen and oxygen atoms in total. The SMILES string of the molecule is CNC(Cc1ccc2ccc(C)cc2c1)C(C)=O. The number of Topliss-reactive ketones (excluding diaryl/α,β-unsaturated/α-hetero) is 1. The average molecular weight is 241 g/mol. The number of fused-ring (bicyclic) bond motifs is 1. The standard InChI is InChI=1S/C16H19NO/c1-11-4-6-14-7-5-13(9-15(14)8-11)10-16(17-3)12(2)18/h4-9,16-17H,10H2,1-3H3. The van der Waals surface area contributed by atoms with Gasteiger partial charge in [0.15, 0.2) is 0 Å². The van der Waals surface area contributed by atoms with Gasteiger partial charge in [-0.25, -0.2) is 0 Å². The van der Waals surface area contributed by atoms with Gasteiger partial charge in [-0.15, -0.1) is 0 Å². The summed E-state index contributed by atoms with van der Waals surface area (Å²) in [7, 11) is 1.83. The van der Waals surface area contributed by atoms with E-state index in [0.29, 0.717) is 0 Å². The maximum absolute atomic E-state index is 11.4. The molecule has 0 amide bonds. The maximum Gasteiger partial charge on any atom is 0.147 e. The first kappa shape index (κ1) is 12.8. The van der Waals surface area contributed by atoms with Crippen molar-refractivity contribution >= 4 is 16.6 Å². The Hall–Kier alpha value is -1.67. The minimum atomic E-state index is -0.0905. The summed E-state index contributed by atoms with van der Waals surface area (Å²) < 4.78 is 0. The van der Waals surface area contributed by atoms with Gasteiger partial charge >= 0.3 is 0 Å². The first-order chi connectivity index (χ1) is 8.60. The van der Waals surface area contributed by atoms with Gasteiger partial charge in [0, 0.05) is 0 Å². The van der Waals surface area contributed by atoms with Crippen LogP contribution in [0.15, 0.2) is 36.4 Å². The number of hydrogen-bond acceptors (Lipinski definition) is 2. The summed E-state index contributed by atoms with van der Waals surface area (Å²) in [6.07, 6.45) is 0.746. The third-order valence-corrected chi connectivity index (χ3v) is 3.34. The molecule has 0 aliphatic rings. The van der Waals surface area contributed by atoms with E-state index in [4.69, 9.17) is 0 Å². The Balaban J connectivity index is 2.31. The molecule has 2 aromatic carbocycles. The molecule has 1 atom stereocenters. The Labute approximate surface area is 108 Å². The van der Waals surface area contributed by atoms with Gasteiger partial charge < -0.3 is 5.32 Å². The Morgan fingerprint density at radius 3 is 2.56 bits per heavy atom. The molecule has 0 radical (unpaired) electrons. The third-order valence-electron chi connectivity index (χ3n) is 3.34. The third kappa shape index (κ3) is 2.77. The molecule has 2 heteroatoms. The van der Waals surface area contributed by atoms with Crippen LogP contribution in [0.5, 0.6) is 0 Å². The molecule has 0 saturated heterocycles. The zero-order chi connectivity index (χ0) is 13.1. The van der Waals surface area contributed by atoms with Gasteiger partial charge in [0.2, 0.25) is 0 Å². The lowest BCUT2D eigenvalue weighted by Gasteiger charge is -2.13. The maximum atomic E-state index is 11.4. The van der Waals surface area contributed by atoms with Crippen LogP contribution in [0.25, 0.3) is 10.8 Å². The van der Waals surface area contributed by atoms with Gasteiger partial charge in [-0.3, -0.25) is 4.79 Å². The molecular weight excluding hydrogens is 222 g/mol. The highest BCUT2D eigenvalue weighted by molar-refractivity contribution is 5.85. The van der Waals surface area contributed by atoms with E-state index in [1.165, 1.54) is 21.9 Å². The Kier molecular flexibility index (Phi) is 3.78. The number of rotatable bonds is 4. The van der Waals surface area contributed by atoms with Crippen molar-refractivity contribution in [2.75, 3.05) is 7.05 Å². The molecule has 0 spiro atoms. The lowest BCUT2D eigenvalue weighted by atomic mass is 9.99. The van der Waals surface area contributed by atoms with E-state index in [2.05, 4.69) is 48.6 Å². The van der Waals surface area contributed by atoms with Crippen molar-refractivity contribution in [3.8, 4) is 0 Å². The predicted molar refractivity (Wildman–Crippen MR) is 75.9 cm³/mol. The van der Waals surface area contributed by atoms with E-state index in [9.17, 15) is 4.79 Å². The summed E-state index contributed by atoms with van der Waals surface area (Å²) in [5.41, 5.74) is 2.46. The highest BCUT2D eigenvalue weighted by atomic mass is 16.1. The highest BCUT2D eigenvalue weighted by Crippen LogP contribution is 2.18. The predicted octanol–water partition coefficient (Wildman–Crippen LogP) is 2.87. The van der Waals surface area contributed by atoms with E-state index in [0.717, 1.165) is 6.42 Å². The zero-order valence-electron chi connectivity index (χ0n) is 11.2. The van der Waals surface area contributed by atoms with Crippen molar-refractivity contribution in [1.82, 2.24) is 5.32 Å². The quantitative estimate of drug-likeness (QED) is 0.891. The van der Waals surface area contributed by atoms with Crippen molar-refractivity contribution in [2.24, 2.45) is 0 Å². The lowest BCUT2D eigenvalue weighted by molar-refractivity contribution is -0.118. The van der Waals surface area contributed by atoms with Gasteiger partial charge in [0.05, 0.1) is 6.04 Å². The summed E-state index contributed by atoms with van der Waals surface area (Å²) in [5, 5.41) is 5.55. The zero-order valence-corrected chi connectivity index (χ0v) is 11.2. The van der Waals surface area contributed by atoms with Gasteiger partial charge in [-0.2, -0.15) is 0 Å². The normalized spacial score (nSPS) is 12.6. The Morgan fingerprint density at radius 2 is 1.89 bits per heavy atom. The second kappa shape index (κ2) is 5.32. The summed E-state index contributed by atoms with van der Waals surface area (Å²) in [4.78, 5) is 11.4. The molecule has 0 aliphatic carbocycles. The number of carbonyl (C=O) groups is 1. The van der Waals surface area contributed by atoms with Gasteiger partial charge in [-0.05, 0) is 43.7 Å². The van der Waals surface area contributed by atoms with Gasteiger partial charge in [0.25, 0.3) is 0 Å². The van der Waals surface area contributed by atoms with Crippen LogP contribution < -0.4 is 5.32 Å². The summed E-state index contributed by atoms with van der Waals surface area (Å²) in [5.74, 6) is 0.182. The number of carbonyl (C=O) groups excluding carboxylic acids is 1. The van der Waals surface area contributed by atoms with Crippen molar-refractivity contribution in [2.45, 2.75) is 26.3 Å². The van der Waals surface area contributed by atoms with E-state index in [1.807, 2.05) is 7.05 Å². The first-order valence-electron chi connectivity index (χ1n) is 6.27. The Morgan fingerprint density at radius 1 is 1.17 bits per heavy atom. The van der Waals surface area contributed by atoms with Crippen molar-refractivity contribution in [1.29, 1.82) is 0 Å². The van der Waals surface area contributed by atoms with E-state index in [1.54, 1.807) is 6.92 Å². The summed E-state index contributed by atoms with van der Waals surface area (Å²) >= 11 is 0. The molecule has 0 aromatic heterocycles. The molecule has 18 heavy (non-hydrogen) atoms. The second-order valence-corrected chi connectivity index (χ2v) is 4.84. The highest BCUT2D eigenvalue weighted by Gasteiger charge is 2.12. The summed E-state index contributed by atoms with van der Waals surface area (Å²) in [6.45, 7) is 3.73. The van der Waals surface area contributed by atoms with Crippen LogP contribution >= 0.6 is 0 Å². The number of aryl methyl sites for hydroxylation is 1. The van der Waals surface area contributed by atoms with E-state index < -0.39 is 0 Å². The van der Waals surface area contributed by atoms with Crippen LogP contribution in [0.3, 0.4) is 0 Å². The fourth-order valence-corrected chi connectivity index (χ4v) is 2.23. The number of benzene rings is 2. The molecule has 0 bridgehead atoms. The van der Waals surface area contributed by atoms with Gasteiger partial charge in [0.1, 0.15) is 5.78 Å². The summed E-state index contributed by atoms with van der Waals surface area (Å²) in [6, 6.07) is 12.7. The number of nitrogens with one attached hydrogen (secondary N) is 1. The monoisotopic (exact) mass is 241 g/mol. The first-order valence-corrected chi connectivity index (χ1v) is 6.27. The molecule has 94 valence electrons. The number of likely N-dealkylation sites (N-methyl/N-ethyl adjacent to an activating group) is 1. The fourth-order valence-electron chi connectivity index (χ4n) is 2.23. The fraction of sp³-hybridized carbons (Fsp3) is 0.312. The van der Waals surface area contributed by atoms with E-state index in [-0.39, 0.29) is 11.8 Å². The van der Waals surface area contributed by atoms with Crippen LogP contribution in [0.4, 0.5) is 0 Å². The number of ketones is 1. The smallest absolute Gasteiger partial charge is 0.147 e. The molecule has 1 N–H and O–H groups in total. The van der Waals surface area contributed by atoms with Crippen LogP contribution in [0.1, 0.15) is 18.1 Å². The van der Waals surface area contributed by atoms with Crippen molar-refractivity contribution in [3.63, 3.8) is 0 Å². The minimum absolute atomic E-state index is 0.0905. The average Bonchev–Trinajstić information content (AvgIpc) is 2.35. The molecule has 0 fully saturated rings. The molecule has 0 aliphatic heterocycles. The van der Waals surface area contributed by atoms with Gasteiger partial charge in [-0.1, -0.05) is 42.0 Å².